The maximum Gasteiger partial charge on any atom is 0.338 e. The van der Waals surface area contributed by atoms with Gasteiger partial charge in [-0.2, -0.15) is 0 Å². The van der Waals surface area contributed by atoms with Gasteiger partial charge in [-0.05, 0) is 46.1 Å². The van der Waals surface area contributed by atoms with Gasteiger partial charge in [0.05, 0.1) is 25.4 Å². The highest BCUT2D eigenvalue weighted by Gasteiger charge is 2.49. The molecular weight excluding hydrogens is 478 g/mol. The lowest BCUT2D eigenvalue weighted by atomic mass is 10.2. The van der Waals surface area contributed by atoms with Crippen LogP contribution in [-0.2, 0) is 13.9 Å². The molecule has 0 saturated heterocycles. The Hall–Kier alpha value is -2.93. The highest BCUT2D eigenvalue weighted by Crippen LogP contribution is 2.36. The van der Waals surface area contributed by atoms with Gasteiger partial charge in [0.15, 0.2) is 0 Å². The lowest BCUT2D eigenvalue weighted by Crippen LogP contribution is -2.66. The minimum Gasteiger partial charge on any atom is -0.460 e. The van der Waals surface area contributed by atoms with Crippen molar-refractivity contribution in [2.24, 2.45) is 0 Å². The van der Waals surface area contributed by atoms with Crippen LogP contribution in [0.15, 0.2) is 84.9 Å². The molecule has 0 aliphatic heterocycles. The summed E-state index contributed by atoms with van der Waals surface area (Å²) in [7, 11) is -2.57. The molecule has 0 spiro atoms. The van der Waals surface area contributed by atoms with Crippen molar-refractivity contribution in [3.05, 3.63) is 90.5 Å². The molecule has 3 rings (SSSR count). The molecule has 198 valence electrons. The highest BCUT2D eigenvalue weighted by atomic mass is 28.4. The average molecular weight is 520 g/mol. The molecular formula is C31H41NO4Si. The van der Waals surface area contributed by atoms with Gasteiger partial charge in [0.1, 0.15) is 6.61 Å². The monoisotopic (exact) mass is 519 g/mol. The van der Waals surface area contributed by atoms with Crippen LogP contribution in [0.5, 0.6) is 0 Å². The molecule has 0 atom stereocenters. The minimum atomic E-state index is -2.57. The molecule has 5 nitrogen and oxygen atoms in total. The zero-order chi connectivity index (χ0) is 26.6. The number of ether oxygens (including phenoxy) is 2. The van der Waals surface area contributed by atoms with Crippen molar-refractivity contribution in [2.75, 3.05) is 38.3 Å². The smallest absolute Gasteiger partial charge is 0.338 e. The van der Waals surface area contributed by atoms with Crippen LogP contribution in [0, 0.1) is 0 Å². The van der Waals surface area contributed by atoms with Crippen molar-refractivity contribution in [1.82, 2.24) is 0 Å². The van der Waals surface area contributed by atoms with Crippen molar-refractivity contribution < 1.29 is 18.7 Å². The number of benzene rings is 3. The summed E-state index contributed by atoms with van der Waals surface area (Å²) in [6, 6.07) is 28.5. The SMILES string of the molecule is CCCCNc1ccc(C(=O)OCCOCCO[Si](c2ccccc2)(c2ccccc2)C(C)(C)C)cc1. The zero-order valence-electron chi connectivity index (χ0n) is 22.7. The van der Waals surface area contributed by atoms with Crippen LogP contribution in [0.2, 0.25) is 5.04 Å². The van der Waals surface area contributed by atoms with Crippen LogP contribution in [0.1, 0.15) is 50.9 Å². The summed E-state index contributed by atoms with van der Waals surface area (Å²) in [4.78, 5) is 12.3. The van der Waals surface area contributed by atoms with E-state index >= 15 is 0 Å². The first kappa shape index (κ1) is 28.6. The van der Waals surface area contributed by atoms with Crippen molar-refractivity contribution >= 4 is 30.3 Å². The maximum atomic E-state index is 12.3. The van der Waals surface area contributed by atoms with E-state index in [2.05, 4.69) is 81.5 Å². The number of anilines is 1. The van der Waals surface area contributed by atoms with E-state index in [9.17, 15) is 4.79 Å². The maximum absolute atomic E-state index is 12.3. The largest absolute Gasteiger partial charge is 0.460 e. The van der Waals surface area contributed by atoms with Crippen LogP contribution in [0.25, 0.3) is 0 Å². The van der Waals surface area contributed by atoms with Crippen LogP contribution in [0.4, 0.5) is 5.69 Å². The third-order valence-electron chi connectivity index (χ3n) is 6.40. The number of rotatable bonds is 14. The molecule has 0 aromatic heterocycles. The second-order valence-electron chi connectivity index (χ2n) is 10.1. The van der Waals surface area contributed by atoms with Gasteiger partial charge in [-0.25, -0.2) is 4.79 Å². The molecule has 37 heavy (non-hydrogen) atoms. The number of carbonyl (C=O) groups is 1. The first-order chi connectivity index (χ1) is 17.9. The lowest BCUT2D eigenvalue weighted by molar-refractivity contribution is 0.0267. The number of esters is 1. The van der Waals surface area contributed by atoms with Crippen molar-refractivity contribution in [2.45, 2.75) is 45.6 Å². The van der Waals surface area contributed by atoms with Crippen LogP contribution in [-0.4, -0.2) is 47.3 Å². The van der Waals surface area contributed by atoms with Gasteiger partial charge < -0.3 is 19.2 Å². The summed E-state index contributed by atoms with van der Waals surface area (Å²) in [5.41, 5.74) is 1.55. The van der Waals surface area contributed by atoms with E-state index in [0.29, 0.717) is 25.4 Å². The molecule has 0 aliphatic carbocycles. The van der Waals surface area contributed by atoms with Gasteiger partial charge in [0, 0.05) is 12.2 Å². The normalized spacial score (nSPS) is 11.8. The molecule has 0 unspecified atom stereocenters. The number of nitrogens with one attached hydrogen (secondary N) is 1. The Kier molecular flexibility index (Phi) is 10.9. The van der Waals surface area contributed by atoms with E-state index < -0.39 is 8.32 Å². The second-order valence-corrected chi connectivity index (χ2v) is 14.4. The summed E-state index contributed by atoms with van der Waals surface area (Å²) in [5.74, 6) is -0.340. The number of hydrogen-bond acceptors (Lipinski definition) is 5. The van der Waals surface area contributed by atoms with Crippen LogP contribution >= 0.6 is 0 Å². The van der Waals surface area contributed by atoms with Gasteiger partial charge in [-0.15, -0.1) is 0 Å². The van der Waals surface area contributed by atoms with E-state index in [1.54, 1.807) is 12.1 Å². The molecule has 0 saturated carbocycles. The predicted octanol–water partition coefficient (Wildman–Crippen LogP) is 5.65. The van der Waals surface area contributed by atoms with Gasteiger partial charge in [0.2, 0.25) is 0 Å². The molecule has 1 N–H and O–H groups in total. The number of hydrogen-bond donors (Lipinski definition) is 1. The predicted molar refractivity (Wildman–Crippen MR) is 155 cm³/mol. The molecule has 0 radical (unpaired) electrons. The van der Waals surface area contributed by atoms with Gasteiger partial charge >= 0.3 is 5.97 Å². The topological polar surface area (TPSA) is 56.8 Å². The number of carbonyl (C=O) groups excluding carboxylic acids is 1. The third kappa shape index (κ3) is 7.78. The quantitative estimate of drug-likeness (QED) is 0.169. The summed E-state index contributed by atoms with van der Waals surface area (Å²) in [5, 5.41) is 5.76. The van der Waals surface area contributed by atoms with E-state index in [0.717, 1.165) is 25.1 Å². The van der Waals surface area contributed by atoms with Gasteiger partial charge in [-0.1, -0.05) is 94.8 Å². The summed E-state index contributed by atoms with van der Waals surface area (Å²) < 4.78 is 18.0. The fraction of sp³-hybridized carbons (Fsp3) is 0.387. The standard InChI is InChI=1S/C31H41NO4Si/c1-5-6-21-32-27-19-17-26(18-20-27)30(33)35-24-22-34-23-25-36-37(31(2,3)4,28-13-9-7-10-14-28)29-15-11-8-12-16-29/h7-20,32H,5-6,21-25H2,1-4H3. The van der Waals surface area contributed by atoms with Gasteiger partial charge in [0.25, 0.3) is 8.32 Å². The first-order valence-electron chi connectivity index (χ1n) is 13.2. The Bertz CT molecular complexity index is 1030. The van der Waals surface area contributed by atoms with E-state index in [4.69, 9.17) is 13.9 Å². The molecule has 3 aromatic rings. The Morgan fingerprint density at radius 2 is 1.35 bits per heavy atom. The lowest BCUT2D eigenvalue weighted by Gasteiger charge is -2.43. The molecule has 0 bridgehead atoms. The fourth-order valence-corrected chi connectivity index (χ4v) is 9.07. The van der Waals surface area contributed by atoms with Crippen molar-refractivity contribution in [3.8, 4) is 0 Å². The Morgan fingerprint density at radius 1 is 0.784 bits per heavy atom. The average Bonchev–Trinajstić information content (AvgIpc) is 2.91. The Morgan fingerprint density at radius 3 is 1.89 bits per heavy atom. The molecule has 3 aromatic carbocycles. The van der Waals surface area contributed by atoms with E-state index in [1.807, 2.05) is 24.3 Å². The third-order valence-corrected chi connectivity index (χ3v) is 11.4. The van der Waals surface area contributed by atoms with E-state index in [1.165, 1.54) is 10.4 Å². The molecule has 0 fully saturated rings. The van der Waals surface area contributed by atoms with Crippen LogP contribution < -0.4 is 15.7 Å². The van der Waals surface area contributed by atoms with Crippen molar-refractivity contribution in [3.63, 3.8) is 0 Å². The fourth-order valence-electron chi connectivity index (χ4n) is 4.53. The second kappa shape index (κ2) is 14.1. The van der Waals surface area contributed by atoms with Crippen molar-refractivity contribution in [1.29, 1.82) is 0 Å². The minimum absolute atomic E-state index is 0.0771. The molecule has 6 heteroatoms. The highest BCUT2D eigenvalue weighted by molar-refractivity contribution is 6.99. The van der Waals surface area contributed by atoms with E-state index in [-0.39, 0.29) is 17.6 Å². The van der Waals surface area contributed by atoms with Gasteiger partial charge in [-0.3, -0.25) is 0 Å². The number of unbranched alkanes of at least 4 members (excludes halogenated alkanes) is 1. The zero-order valence-corrected chi connectivity index (χ0v) is 23.7. The first-order valence-corrected chi connectivity index (χ1v) is 15.1. The summed E-state index contributed by atoms with van der Waals surface area (Å²) in [6.45, 7) is 11.3. The Labute approximate surface area is 223 Å². The Balaban J connectivity index is 1.50. The summed E-state index contributed by atoms with van der Waals surface area (Å²) >= 11 is 0. The molecule has 0 heterocycles. The molecule has 0 aliphatic rings. The van der Waals surface area contributed by atoms with Crippen LogP contribution in [0.3, 0.4) is 0 Å². The summed E-state index contributed by atoms with van der Waals surface area (Å²) in [6.07, 6.45) is 2.26. The molecule has 0 amide bonds.